The molecular weight excluding hydrogens is 1020 g/mol. The zero-order chi connectivity index (χ0) is 58.3. The van der Waals surface area contributed by atoms with Crippen molar-refractivity contribution in [2.24, 2.45) is 0 Å². The summed E-state index contributed by atoms with van der Waals surface area (Å²) < 4.78 is 39.5. The highest BCUT2D eigenvalue weighted by Gasteiger charge is 2.28. The molecule has 0 aliphatic carbocycles. The molecule has 3 unspecified atom stereocenters. The zero-order valence-electron chi connectivity index (χ0n) is 50.2. The van der Waals surface area contributed by atoms with Crippen LogP contribution in [0.4, 0.5) is 0 Å². The van der Waals surface area contributed by atoms with Gasteiger partial charge < -0.3 is 24.2 Å². The van der Waals surface area contributed by atoms with Crippen molar-refractivity contribution in [2.75, 3.05) is 26.4 Å². The van der Waals surface area contributed by atoms with E-state index in [1.807, 2.05) is 12.2 Å². The van der Waals surface area contributed by atoms with Crippen LogP contribution in [0.1, 0.15) is 239 Å². The van der Waals surface area contributed by atoms with E-state index in [-0.39, 0.29) is 19.3 Å². The molecule has 0 fully saturated rings. The van der Waals surface area contributed by atoms with Gasteiger partial charge in [-0.1, -0.05) is 231 Å². The molecule has 0 heterocycles. The Hall–Kier alpha value is -4.38. The highest BCUT2D eigenvalue weighted by Crippen LogP contribution is 2.43. The van der Waals surface area contributed by atoms with E-state index < -0.39 is 64.4 Å². The Morgan fingerprint density at radius 1 is 0.362 bits per heavy atom. The molecule has 0 aromatic carbocycles. The summed E-state index contributed by atoms with van der Waals surface area (Å²) in [5, 5.41) is 9.85. The number of aliphatic hydroxyl groups excluding tert-OH is 1. The minimum atomic E-state index is -4.79. The second-order valence-corrected chi connectivity index (χ2v) is 21.6. The fourth-order valence-electron chi connectivity index (χ4n) is 7.90. The molecule has 0 bridgehead atoms. The van der Waals surface area contributed by atoms with E-state index in [9.17, 15) is 28.9 Å². The lowest BCUT2D eigenvalue weighted by atomic mass is 10.1. The van der Waals surface area contributed by atoms with E-state index >= 15 is 0 Å². The molecular formula is C68H111O11P. The van der Waals surface area contributed by atoms with Gasteiger partial charge in [-0.05, 0) is 122 Å². The fourth-order valence-corrected chi connectivity index (χ4v) is 8.68. The standard InChI is InChI=1S/C68H111O11P/c1-4-7-10-13-16-19-22-25-28-30-32-34-37-40-43-46-49-52-55-58-67(71)78-64(60-69)62-76-80(73,74)77-63-65(61-75-66(70)57-54-51-48-45-42-39-36-27-24-21-18-15-12-9-6-3)79-68(72)59-56-53-50-47-44-41-38-35-33-31-29-26-23-20-17-14-11-8-5-2/h8-9,11-12,17-18,20-21,25-29,33,35-36,41-42,44-45,50,53,64-65,69H,4-7,10,13-16,19,22-24,30-32,34,37-40,43,46-49,51-52,54-63H2,1-3H3,(H,73,74)/b11-8-,12-9-,20-17-,21-18-,28-25-,29-26-,35-33-,36-27-,44-41-,45-42-,53-50-. The lowest BCUT2D eigenvalue weighted by Crippen LogP contribution is -2.30. The summed E-state index contributed by atoms with van der Waals surface area (Å²) in [4.78, 5) is 48.6. The maximum Gasteiger partial charge on any atom is 0.472 e. The van der Waals surface area contributed by atoms with Crippen LogP contribution in [0.15, 0.2) is 134 Å². The molecule has 0 rings (SSSR count). The minimum Gasteiger partial charge on any atom is -0.462 e. The van der Waals surface area contributed by atoms with Crippen LogP contribution in [0.5, 0.6) is 0 Å². The minimum absolute atomic E-state index is 0.0264. The maximum atomic E-state index is 12.9. The van der Waals surface area contributed by atoms with Crippen LogP contribution >= 0.6 is 7.82 Å². The Kier molecular flexibility index (Phi) is 57.4. The van der Waals surface area contributed by atoms with E-state index in [4.69, 9.17) is 23.3 Å². The van der Waals surface area contributed by atoms with Crippen molar-refractivity contribution >= 4 is 25.7 Å². The first-order chi connectivity index (χ1) is 39.2. The Bertz CT molecular complexity index is 1850. The number of ether oxygens (including phenoxy) is 3. The van der Waals surface area contributed by atoms with Crippen LogP contribution < -0.4 is 0 Å². The second kappa shape index (κ2) is 60.7. The van der Waals surface area contributed by atoms with Crippen LogP contribution in [-0.4, -0.2) is 66.5 Å². The van der Waals surface area contributed by atoms with Crippen molar-refractivity contribution in [1.29, 1.82) is 0 Å². The number of esters is 3. The molecule has 12 heteroatoms. The number of carbonyl (C=O) groups is 3. The number of hydrogen-bond donors (Lipinski definition) is 2. The second-order valence-electron chi connectivity index (χ2n) is 20.1. The monoisotopic (exact) mass is 1130 g/mol. The first-order valence-electron chi connectivity index (χ1n) is 31.1. The van der Waals surface area contributed by atoms with Gasteiger partial charge in [-0.2, -0.15) is 0 Å². The number of phosphoric ester groups is 1. The van der Waals surface area contributed by atoms with Gasteiger partial charge in [0.2, 0.25) is 0 Å². The van der Waals surface area contributed by atoms with Gasteiger partial charge in [-0.3, -0.25) is 23.4 Å². The third-order valence-corrected chi connectivity index (χ3v) is 13.5. The van der Waals surface area contributed by atoms with Crippen LogP contribution in [0, 0.1) is 0 Å². The molecule has 0 aromatic heterocycles. The Labute approximate surface area is 487 Å². The maximum absolute atomic E-state index is 12.9. The van der Waals surface area contributed by atoms with Gasteiger partial charge in [-0.25, -0.2) is 4.57 Å². The lowest BCUT2D eigenvalue weighted by molar-refractivity contribution is -0.161. The summed E-state index contributed by atoms with van der Waals surface area (Å²) in [5.41, 5.74) is 0. The highest BCUT2D eigenvalue weighted by molar-refractivity contribution is 7.47. The van der Waals surface area contributed by atoms with Gasteiger partial charge in [0.05, 0.1) is 19.8 Å². The SMILES string of the molecule is CC/C=C\C/C=C\C/C=C\C/C=C\C/C=C\C/C=C\CCC(=O)OC(COC(=O)CCCC/C=C\C/C=C\C/C=C\C/C=C\CC)COP(=O)(O)OCC(CO)OC(=O)CCCCCCCCCCC/C=C\CCCCCCCC. The van der Waals surface area contributed by atoms with Crippen LogP contribution in [0.2, 0.25) is 0 Å². The molecule has 3 atom stereocenters. The van der Waals surface area contributed by atoms with Crippen molar-refractivity contribution in [1.82, 2.24) is 0 Å². The number of aliphatic hydroxyl groups is 1. The quantitative estimate of drug-likeness (QED) is 0.0197. The van der Waals surface area contributed by atoms with Crippen molar-refractivity contribution < 1.29 is 52.2 Å². The first kappa shape index (κ1) is 75.6. The fraction of sp³-hybridized carbons (Fsp3) is 0.632. The van der Waals surface area contributed by atoms with Crippen LogP contribution in [-0.2, 0) is 42.2 Å². The molecule has 0 amide bonds. The number of phosphoric acid groups is 1. The average Bonchev–Trinajstić information content (AvgIpc) is 3.45. The zero-order valence-corrected chi connectivity index (χ0v) is 51.1. The molecule has 0 saturated heterocycles. The molecule has 0 aromatic rings. The average molecular weight is 1140 g/mol. The number of allylic oxidation sites excluding steroid dienone is 22. The summed E-state index contributed by atoms with van der Waals surface area (Å²) >= 11 is 0. The van der Waals surface area contributed by atoms with Gasteiger partial charge in [0.1, 0.15) is 12.7 Å². The number of carbonyl (C=O) groups excluding carboxylic acids is 3. The lowest BCUT2D eigenvalue weighted by Gasteiger charge is -2.21. The summed E-state index contributed by atoms with van der Waals surface area (Å²) in [7, 11) is -4.79. The van der Waals surface area contributed by atoms with Crippen molar-refractivity contribution in [2.45, 2.75) is 251 Å². The van der Waals surface area contributed by atoms with Crippen molar-refractivity contribution in [3.8, 4) is 0 Å². The molecule has 454 valence electrons. The highest BCUT2D eigenvalue weighted by atomic mass is 31.2. The summed E-state index contributed by atoms with van der Waals surface area (Å²) in [6.07, 6.45) is 77.1. The summed E-state index contributed by atoms with van der Waals surface area (Å²) in [6.45, 7) is 4.28. The molecule has 0 spiro atoms. The van der Waals surface area contributed by atoms with E-state index in [1.54, 1.807) is 0 Å². The van der Waals surface area contributed by atoms with Gasteiger partial charge in [0, 0.05) is 19.3 Å². The van der Waals surface area contributed by atoms with Gasteiger partial charge in [-0.15, -0.1) is 0 Å². The van der Waals surface area contributed by atoms with E-state index in [0.717, 1.165) is 89.9 Å². The van der Waals surface area contributed by atoms with Gasteiger partial charge in [0.25, 0.3) is 0 Å². The molecule has 11 nitrogen and oxygen atoms in total. The number of rotatable bonds is 56. The summed E-state index contributed by atoms with van der Waals surface area (Å²) in [6, 6.07) is 0. The summed E-state index contributed by atoms with van der Waals surface area (Å²) in [5.74, 6) is -1.63. The molecule has 0 aliphatic heterocycles. The largest absolute Gasteiger partial charge is 0.472 e. The van der Waals surface area contributed by atoms with E-state index in [2.05, 4.69) is 142 Å². The van der Waals surface area contributed by atoms with Crippen molar-refractivity contribution in [3.63, 3.8) is 0 Å². The van der Waals surface area contributed by atoms with Gasteiger partial charge >= 0.3 is 25.7 Å². The third kappa shape index (κ3) is 58.3. The molecule has 2 N–H and O–H groups in total. The molecule has 0 aliphatic rings. The van der Waals surface area contributed by atoms with Crippen LogP contribution in [0.3, 0.4) is 0 Å². The Morgan fingerprint density at radius 2 is 0.675 bits per heavy atom. The van der Waals surface area contributed by atoms with E-state index in [1.165, 1.54) is 83.5 Å². The normalized spacial score (nSPS) is 14.2. The van der Waals surface area contributed by atoms with Gasteiger partial charge in [0.15, 0.2) is 6.10 Å². The molecule has 0 saturated carbocycles. The van der Waals surface area contributed by atoms with Crippen LogP contribution in [0.25, 0.3) is 0 Å². The Morgan fingerprint density at radius 3 is 1.11 bits per heavy atom. The number of unbranched alkanes of at least 4 members (excludes halogenated alkanes) is 17. The number of hydrogen-bond acceptors (Lipinski definition) is 10. The Balaban J connectivity index is 4.83. The third-order valence-electron chi connectivity index (χ3n) is 12.6. The first-order valence-corrected chi connectivity index (χ1v) is 32.6. The molecule has 0 radical (unpaired) electrons. The predicted octanol–water partition coefficient (Wildman–Crippen LogP) is 18.9. The van der Waals surface area contributed by atoms with Crippen molar-refractivity contribution in [3.05, 3.63) is 134 Å². The van der Waals surface area contributed by atoms with E-state index in [0.29, 0.717) is 25.7 Å². The topological polar surface area (TPSA) is 155 Å². The molecule has 80 heavy (non-hydrogen) atoms. The predicted molar refractivity (Wildman–Crippen MR) is 334 cm³/mol. The smallest absolute Gasteiger partial charge is 0.462 e.